The smallest absolute Gasteiger partial charge is 0.295 e. The van der Waals surface area contributed by atoms with Gasteiger partial charge in [0.15, 0.2) is 0 Å². The van der Waals surface area contributed by atoms with Crippen molar-refractivity contribution in [3.8, 4) is 5.75 Å². The van der Waals surface area contributed by atoms with E-state index in [0.29, 0.717) is 44.2 Å². The Morgan fingerprint density at radius 1 is 1.06 bits per heavy atom. The molecule has 7 nitrogen and oxygen atoms in total. The third-order valence-electron chi connectivity index (χ3n) is 5.93. The molecule has 33 heavy (non-hydrogen) atoms. The Kier molecular flexibility index (Phi) is 7.05. The van der Waals surface area contributed by atoms with Crippen LogP contribution in [0.1, 0.15) is 24.1 Å². The molecule has 0 unspecified atom stereocenters. The number of ketones is 1. The van der Waals surface area contributed by atoms with Crippen LogP contribution in [-0.4, -0.2) is 72.6 Å². The van der Waals surface area contributed by atoms with Gasteiger partial charge in [-0.3, -0.25) is 14.5 Å². The Morgan fingerprint density at radius 3 is 2.36 bits per heavy atom. The van der Waals surface area contributed by atoms with Crippen molar-refractivity contribution in [2.45, 2.75) is 13.0 Å². The van der Waals surface area contributed by atoms with Crippen molar-refractivity contribution >= 4 is 17.4 Å². The van der Waals surface area contributed by atoms with Gasteiger partial charge in [-0.05, 0) is 48.9 Å². The molecule has 0 aromatic heterocycles. The number of aliphatic hydroxyl groups is 1. The van der Waals surface area contributed by atoms with E-state index in [-0.39, 0.29) is 16.9 Å². The van der Waals surface area contributed by atoms with Gasteiger partial charge < -0.3 is 19.5 Å². The first-order valence-electron chi connectivity index (χ1n) is 11.1. The molecular weight excluding hydrogens is 427 g/mol. The standard InChI is InChI=1S/C25H27FN2O5/c1-2-33-20-9-5-17(6-10-20)22-21(23(29)18-3-7-19(26)8-4-18)24(30)25(31)28(22)12-11-27-13-15-32-16-14-27/h3-10,22,29H,2,11-16H2,1H3/t22-/m0/s1. The van der Waals surface area contributed by atoms with E-state index in [1.54, 1.807) is 24.3 Å². The van der Waals surface area contributed by atoms with Crippen LogP contribution in [0.25, 0.3) is 5.76 Å². The molecule has 0 saturated carbocycles. The average Bonchev–Trinajstić information content (AvgIpc) is 3.09. The molecular formula is C25H27FN2O5. The van der Waals surface area contributed by atoms with Crippen LogP contribution in [0.4, 0.5) is 4.39 Å². The second-order valence-corrected chi connectivity index (χ2v) is 7.96. The second kappa shape index (κ2) is 10.1. The lowest BCUT2D eigenvalue weighted by Crippen LogP contribution is -2.42. The molecule has 2 aromatic rings. The normalized spacial score (nSPS) is 20.9. The number of rotatable bonds is 7. The number of Topliss-reactive ketones (excluding diaryl/α,β-unsaturated/α-hetero) is 1. The third-order valence-corrected chi connectivity index (χ3v) is 5.93. The van der Waals surface area contributed by atoms with Gasteiger partial charge in [-0.1, -0.05) is 12.1 Å². The van der Waals surface area contributed by atoms with E-state index in [2.05, 4.69) is 4.90 Å². The van der Waals surface area contributed by atoms with Gasteiger partial charge in [-0.2, -0.15) is 0 Å². The number of amides is 1. The minimum absolute atomic E-state index is 0.00209. The number of ether oxygens (including phenoxy) is 2. The minimum Gasteiger partial charge on any atom is -0.507 e. The summed E-state index contributed by atoms with van der Waals surface area (Å²) in [5.41, 5.74) is 0.958. The highest BCUT2D eigenvalue weighted by Gasteiger charge is 2.46. The lowest BCUT2D eigenvalue weighted by atomic mass is 9.95. The number of hydrogen-bond donors (Lipinski definition) is 1. The zero-order valence-electron chi connectivity index (χ0n) is 18.5. The first kappa shape index (κ1) is 22.9. The van der Waals surface area contributed by atoms with Crippen molar-refractivity contribution in [3.63, 3.8) is 0 Å². The van der Waals surface area contributed by atoms with Crippen molar-refractivity contribution in [1.29, 1.82) is 0 Å². The maximum absolute atomic E-state index is 13.4. The van der Waals surface area contributed by atoms with E-state index in [0.717, 1.165) is 13.1 Å². The first-order valence-corrected chi connectivity index (χ1v) is 11.1. The van der Waals surface area contributed by atoms with Crippen LogP contribution in [0.2, 0.25) is 0 Å². The maximum atomic E-state index is 13.4. The van der Waals surface area contributed by atoms with Crippen LogP contribution < -0.4 is 4.74 Å². The molecule has 2 saturated heterocycles. The number of aliphatic hydroxyl groups excluding tert-OH is 1. The fraction of sp³-hybridized carbons (Fsp3) is 0.360. The van der Waals surface area contributed by atoms with Gasteiger partial charge in [0.2, 0.25) is 0 Å². The van der Waals surface area contributed by atoms with E-state index < -0.39 is 23.5 Å². The number of halogens is 1. The summed E-state index contributed by atoms with van der Waals surface area (Å²) >= 11 is 0. The Hall–Kier alpha value is -3.23. The SMILES string of the molecule is CCOc1ccc([C@H]2C(=C(O)c3ccc(F)cc3)C(=O)C(=O)N2CCN2CCOCC2)cc1. The third kappa shape index (κ3) is 4.91. The van der Waals surface area contributed by atoms with Crippen LogP contribution >= 0.6 is 0 Å². The fourth-order valence-corrected chi connectivity index (χ4v) is 4.21. The summed E-state index contributed by atoms with van der Waals surface area (Å²) in [6.45, 7) is 6.08. The summed E-state index contributed by atoms with van der Waals surface area (Å²) in [7, 11) is 0. The predicted octanol–water partition coefficient (Wildman–Crippen LogP) is 2.98. The summed E-state index contributed by atoms with van der Waals surface area (Å²) < 4.78 is 24.3. The Labute approximate surface area is 192 Å². The zero-order chi connectivity index (χ0) is 23.4. The number of nitrogens with zero attached hydrogens (tertiary/aromatic N) is 2. The van der Waals surface area contributed by atoms with Crippen LogP contribution in [0.5, 0.6) is 5.75 Å². The molecule has 2 aliphatic heterocycles. The fourth-order valence-electron chi connectivity index (χ4n) is 4.21. The molecule has 1 amide bonds. The molecule has 1 atom stereocenters. The van der Waals surface area contributed by atoms with Crippen molar-refractivity contribution in [3.05, 3.63) is 71.0 Å². The highest BCUT2D eigenvalue weighted by molar-refractivity contribution is 6.46. The lowest BCUT2D eigenvalue weighted by molar-refractivity contribution is -0.140. The quantitative estimate of drug-likeness (QED) is 0.394. The predicted molar refractivity (Wildman–Crippen MR) is 120 cm³/mol. The highest BCUT2D eigenvalue weighted by Crippen LogP contribution is 2.39. The van der Waals surface area contributed by atoms with Crippen LogP contribution in [-0.2, 0) is 14.3 Å². The highest BCUT2D eigenvalue weighted by atomic mass is 19.1. The van der Waals surface area contributed by atoms with E-state index in [1.165, 1.54) is 29.2 Å². The number of likely N-dealkylation sites (tertiary alicyclic amines) is 1. The van der Waals surface area contributed by atoms with Crippen LogP contribution in [0, 0.1) is 5.82 Å². The van der Waals surface area contributed by atoms with Gasteiger partial charge in [0.1, 0.15) is 17.3 Å². The summed E-state index contributed by atoms with van der Waals surface area (Å²) in [6.07, 6.45) is 0. The van der Waals surface area contributed by atoms with Crippen LogP contribution in [0.3, 0.4) is 0 Å². The molecule has 1 N–H and O–H groups in total. The maximum Gasteiger partial charge on any atom is 0.295 e. The summed E-state index contributed by atoms with van der Waals surface area (Å²) in [6, 6.07) is 11.6. The topological polar surface area (TPSA) is 79.3 Å². The molecule has 4 rings (SSSR count). The molecule has 0 radical (unpaired) electrons. The lowest BCUT2D eigenvalue weighted by Gasteiger charge is -2.31. The molecule has 2 aromatic carbocycles. The van der Waals surface area contributed by atoms with Gasteiger partial charge >= 0.3 is 0 Å². The molecule has 8 heteroatoms. The molecule has 2 heterocycles. The van der Waals surface area contributed by atoms with Crippen molar-refractivity contribution < 1.29 is 28.6 Å². The van der Waals surface area contributed by atoms with Crippen LogP contribution in [0.15, 0.2) is 54.1 Å². The number of morpholine rings is 1. The Bertz CT molecular complexity index is 1030. The Morgan fingerprint density at radius 2 is 1.73 bits per heavy atom. The number of carbonyl (C=O) groups is 2. The van der Waals surface area contributed by atoms with E-state index in [9.17, 15) is 19.1 Å². The van der Waals surface area contributed by atoms with Gasteiger partial charge in [-0.15, -0.1) is 0 Å². The van der Waals surface area contributed by atoms with Crippen molar-refractivity contribution in [1.82, 2.24) is 9.80 Å². The molecule has 2 fully saturated rings. The molecule has 2 aliphatic rings. The Balaban J connectivity index is 1.71. The van der Waals surface area contributed by atoms with E-state index >= 15 is 0 Å². The molecule has 0 bridgehead atoms. The summed E-state index contributed by atoms with van der Waals surface area (Å²) in [5, 5.41) is 11.0. The van der Waals surface area contributed by atoms with E-state index in [4.69, 9.17) is 9.47 Å². The van der Waals surface area contributed by atoms with Gasteiger partial charge in [0.05, 0.1) is 31.4 Å². The number of benzene rings is 2. The van der Waals surface area contributed by atoms with Crippen molar-refractivity contribution in [2.75, 3.05) is 46.0 Å². The van der Waals surface area contributed by atoms with Crippen molar-refractivity contribution in [2.24, 2.45) is 0 Å². The number of hydrogen-bond acceptors (Lipinski definition) is 6. The second-order valence-electron chi connectivity index (χ2n) is 7.96. The molecule has 174 valence electrons. The number of carbonyl (C=O) groups excluding carboxylic acids is 2. The van der Waals surface area contributed by atoms with Gasteiger partial charge in [0.25, 0.3) is 11.7 Å². The molecule has 0 aliphatic carbocycles. The minimum atomic E-state index is -0.758. The van der Waals surface area contributed by atoms with Gasteiger partial charge in [0, 0.05) is 31.7 Å². The average molecular weight is 454 g/mol. The summed E-state index contributed by atoms with van der Waals surface area (Å²) in [4.78, 5) is 29.8. The first-order chi connectivity index (χ1) is 16.0. The largest absolute Gasteiger partial charge is 0.507 e. The molecule has 0 spiro atoms. The van der Waals surface area contributed by atoms with E-state index in [1.807, 2.05) is 6.92 Å². The zero-order valence-corrected chi connectivity index (χ0v) is 18.5. The van der Waals surface area contributed by atoms with Gasteiger partial charge in [-0.25, -0.2) is 4.39 Å². The summed E-state index contributed by atoms with van der Waals surface area (Å²) in [5.74, 6) is -1.52. The monoisotopic (exact) mass is 454 g/mol.